The van der Waals surface area contributed by atoms with Gasteiger partial charge in [0.25, 0.3) is 0 Å². The highest BCUT2D eigenvalue weighted by molar-refractivity contribution is 7.90. The Kier molecular flexibility index (Phi) is 4.04. The van der Waals surface area contributed by atoms with Gasteiger partial charge < -0.3 is 5.11 Å². The van der Waals surface area contributed by atoms with Crippen LogP contribution in [0.25, 0.3) is 0 Å². The van der Waals surface area contributed by atoms with Gasteiger partial charge in [-0.05, 0) is 36.2 Å². The Hall–Kier alpha value is -2.28. The molecule has 0 aliphatic carbocycles. The average Bonchev–Trinajstić information content (AvgIpc) is 2.37. The van der Waals surface area contributed by atoms with Crippen molar-refractivity contribution < 1.29 is 22.7 Å². The highest BCUT2D eigenvalue weighted by Crippen LogP contribution is 2.21. The van der Waals surface area contributed by atoms with E-state index in [1.165, 1.54) is 6.20 Å². The number of benzene rings is 1. The maximum atomic E-state index is 13.8. The van der Waals surface area contributed by atoms with E-state index in [1.54, 1.807) is 19.2 Å². The van der Waals surface area contributed by atoms with E-state index in [0.717, 1.165) is 17.7 Å². The Bertz CT molecular complexity index is 802. The van der Waals surface area contributed by atoms with Crippen LogP contribution < -0.4 is 0 Å². The fourth-order valence-corrected chi connectivity index (χ4v) is 3.26. The molecule has 1 heterocycles. The van der Waals surface area contributed by atoms with Gasteiger partial charge in [-0.3, -0.25) is 4.98 Å². The summed E-state index contributed by atoms with van der Waals surface area (Å²) >= 11 is 0. The molecule has 5 nitrogen and oxygen atoms in total. The molecule has 0 bridgehead atoms. The molecule has 2 aromatic rings. The monoisotopic (exact) mass is 309 g/mol. The number of aryl methyl sites for hydroxylation is 1. The molecule has 21 heavy (non-hydrogen) atoms. The third-order valence-corrected chi connectivity index (χ3v) is 4.52. The van der Waals surface area contributed by atoms with Gasteiger partial charge in [0.1, 0.15) is 10.7 Å². The van der Waals surface area contributed by atoms with E-state index in [0.29, 0.717) is 11.6 Å². The number of sulfone groups is 1. The number of hydrogen-bond donors (Lipinski definition) is 1. The largest absolute Gasteiger partial charge is 0.478 e. The molecular weight excluding hydrogens is 297 g/mol. The second kappa shape index (κ2) is 5.61. The molecule has 110 valence electrons. The van der Waals surface area contributed by atoms with E-state index in [2.05, 4.69) is 4.98 Å². The number of carbonyl (C=O) groups is 1. The summed E-state index contributed by atoms with van der Waals surface area (Å²) in [5, 5.41) is 8.74. The first kappa shape index (κ1) is 15.1. The van der Waals surface area contributed by atoms with Gasteiger partial charge in [0, 0.05) is 12.4 Å². The van der Waals surface area contributed by atoms with Crippen LogP contribution in [-0.4, -0.2) is 24.5 Å². The summed E-state index contributed by atoms with van der Waals surface area (Å²) in [6.07, 6.45) is 2.98. The summed E-state index contributed by atoms with van der Waals surface area (Å²) in [6.45, 7) is 1.77. The van der Waals surface area contributed by atoms with Gasteiger partial charge in [-0.2, -0.15) is 0 Å². The Balaban J connectivity index is 2.38. The molecule has 1 N–H and O–H groups in total. The van der Waals surface area contributed by atoms with Crippen LogP contribution in [-0.2, 0) is 15.6 Å². The van der Waals surface area contributed by atoms with Crippen molar-refractivity contribution in [1.82, 2.24) is 4.98 Å². The molecule has 2 rings (SSSR count). The van der Waals surface area contributed by atoms with Crippen molar-refractivity contribution in [2.75, 3.05) is 0 Å². The van der Waals surface area contributed by atoms with E-state index >= 15 is 0 Å². The van der Waals surface area contributed by atoms with Crippen LogP contribution in [0.2, 0.25) is 0 Å². The van der Waals surface area contributed by atoms with Gasteiger partial charge in [0.15, 0.2) is 9.84 Å². The number of carboxylic acid groups (broad SMARTS) is 1. The first-order valence-corrected chi connectivity index (χ1v) is 7.61. The van der Waals surface area contributed by atoms with Crippen LogP contribution in [0.15, 0.2) is 41.6 Å². The molecule has 0 aliphatic heterocycles. The molecule has 0 saturated heterocycles. The number of aromatic nitrogens is 1. The van der Waals surface area contributed by atoms with Crippen LogP contribution in [0.4, 0.5) is 4.39 Å². The Morgan fingerprint density at radius 2 is 2.00 bits per heavy atom. The molecule has 7 heteroatoms. The normalized spacial score (nSPS) is 11.3. The van der Waals surface area contributed by atoms with E-state index < -0.39 is 32.3 Å². The molecule has 0 atom stereocenters. The zero-order valence-corrected chi connectivity index (χ0v) is 11.9. The van der Waals surface area contributed by atoms with E-state index in [-0.39, 0.29) is 5.56 Å². The fraction of sp³-hybridized carbons (Fsp3) is 0.143. The predicted molar refractivity (Wildman–Crippen MR) is 73.2 cm³/mol. The molecule has 0 spiro atoms. The summed E-state index contributed by atoms with van der Waals surface area (Å²) in [4.78, 5) is 14.1. The SMILES string of the molecule is Cc1cncc(CS(=O)(=O)c2ccc(C(=O)O)cc2F)c1. The molecular formula is C14H12FNO4S. The highest BCUT2D eigenvalue weighted by atomic mass is 32.2. The number of aromatic carboxylic acids is 1. The van der Waals surface area contributed by atoms with Crippen molar-refractivity contribution in [2.45, 2.75) is 17.6 Å². The average molecular weight is 309 g/mol. The zero-order chi connectivity index (χ0) is 15.6. The van der Waals surface area contributed by atoms with Crippen LogP contribution in [0, 0.1) is 12.7 Å². The van der Waals surface area contributed by atoms with Crippen LogP contribution in [0.5, 0.6) is 0 Å². The topological polar surface area (TPSA) is 84.3 Å². The highest BCUT2D eigenvalue weighted by Gasteiger charge is 2.21. The lowest BCUT2D eigenvalue weighted by molar-refractivity contribution is 0.0696. The van der Waals surface area contributed by atoms with Crippen LogP contribution in [0.1, 0.15) is 21.5 Å². The van der Waals surface area contributed by atoms with Crippen molar-refractivity contribution in [1.29, 1.82) is 0 Å². The lowest BCUT2D eigenvalue weighted by Crippen LogP contribution is -2.09. The second-order valence-corrected chi connectivity index (χ2v) is 6.54. The number of rotatable bonds is 4. The number of halogens is 1. The summed E-state index contributed by atoms with van der Waals surface area (Å²) in [6, 6.07) is 4.38. The molecule has 0 unspecified atom stereocenters. The van der Waals surface area contributed by atoms with Crippen LogP contribution >= 0.6 is 0 Å². The third kappa shape index (κ3) is 3.43. The number of nitrogens with zero attached hydrogens (tertiary/aromatic N) is 1. The van der Waals surface area contributed by atoms with Crippen molar-refractivity contribution in [3.05, 3.63) is 59.2 Å². The standard InChI is InChI=1S/C14H12FNO4S/c1-9-4-10(7-16-6-9)8-21(19,20)13-3-2-11(14(17)18)5-12(13)15/h2-7H,8H2,1H3,(H,17,18). The minimum Gasteiger partial charge on any atom is -0.478 e. The summed E-state index contributed by atoms with van der Waals surface area (Å²) < 4.78 is 38.2. The molecule has 0 fully saturated rings. The minimum atomic E-state index is -3.91. The van der Waals surface area contributed by atoms with Crippen molar-refractivity contribution >= 4 is 15.8 Å². The van der Waals surface area contributed by atoms with Gasteiger partial charge in [-0.1, -0.05) is 6.07 Å². The Morgan fingerprint density at radius 1 is 1.29 bits per heavy atom. The van der Waals surface area contributed by atoms with Gasteiger partial charge in [-0.15, -0.1) is 0 Å². The summed E-state index contributed by atoms with van der Waals surface area (Å²) in [7, 11) is -3.91. The second-order valence-electron chi connectivity index (χ2n) is 4.58. The maximum Gasteiger partial charge on any atom is 0.335 e. The number of hydrogen-bond acceptors (Lipinski definition) is 4. The molecule has 0 radical (unpaired) electrons. The summed E-state index contributed by atoms with van der Waals surface area (Å²) in [5.41, 5.74) is 0.935. The van der Waals surface area contributed by atoms with Gasteiger partial charge in [0.2, 0.25) is 0 Å². The molecule has 1 aromatic carbocycles. The first-order valence-electron chi connectivity index (χ1n) is 5.96. The van der Waals surface area contributed by atoms with E-state index in [9.17, 15) is 17.6 Å². The Labute approximate surface area is 121 Å². The predicted octanol–water partition coefficient (Wildman–Crippen LogP) is 2.20. The molecule has 0 amide bonds. The summed E-state index contributed by atoms with van der Waals surface area (Å²) in [5.74, 6) is -2.79. The smallest absolute Gasteiger partial charge is 0.335 e. The van der Waals surface area contributed by atoms with Crippen molar-refractivity contribution in [3.8, 4) is 0 Å². The molecule has 0 aliphatic rings. The van der Waals surface area contributed by atoms with Gasteiger partial charge in [0.05, 0.1) is 11.3 Å². The third-order valence-electron chi connectivity index (χ3n) is 2.80. The molecule has 1 aromatic heterocycles. The number of pyridine rings is 1. The zero-order valence-electron chi connectivity index (χ0n) is 11.1. The lowest BCUT2D eigenvalue weighted by Gasteiger charge is -2.07. The lowest BCUT2D eigenvalue weighted by atomic mass is 10.2. The van der Waals surface area contributed by atoms with Crippen molar-refractivity contribution in [2.24, 2.45) is 0 Å². The van der Waals surface area contributed by atoms with Crippen molar-refractivity contribution in [3.63, 3.8) is 0 Å². The number of carboxylic acids is 1. The van der Waals surface area contributed by atoms with Crippen LogP contribution in [0.3, 0.4) is 0 Å². The quantitative estimate of drug-likeness (QED) is 0.936. The Morgan fingerprint density at radius 3 is 2.57 bits per heavy atom. The van der Waals surface area contributed by atoms with Gasteiger partial charge >= 0.3 is 5.97 Å². The van der Waals surface area contributed by atoms with Gasteiger partial charge in [-0.25, -0.2) is 17.6 Å². The minimum absolute atomic E-state index is 0.302. The van der Waals surface area contributed by atoms with E-state index in [4.69, 9.17) is 5.11 Å². The molecule has 0 saturated carbocycles. The first-order chi connectivity index (χ1) is 9.79. The maximum absolute atomic E-state index is 13.8. The fourth-order valence-electron chi connectivity index (χ4n) is 1.88. The van der Waals surface area contributed by atoms with E-state index in [1.807, 2.05) is 0 Å².